The normalized spacial score (nSPS) is 11.8. The summed E-state index contributed by atoms with van der Waals surface area (Å²) in [5.41, 5.74) is 3.87. The lowest BCUT2D eigenvalue weighted by Gasteiger charge is -2.02. The van der Waals surface area contributed by atoms with E-state index in [4.69, 9.17) is 5.11 Å². The second-order valence-corrected chi connectivity index (χ2v) is 5.01. The van der Waals surface area contributed by atoms with Crippen LogP contribution in [0.25, 0.3) is 16.9 Å². The van der Waals surface area contributed by atoms with Crippen LogP contribution in [-0.4, -0.2) is 25.7 Å². The van der Waals surface area contributed by atoms with E-state index in [9.17, 15) is 4.79 Å². The van der Waals surface area contributed by atoms with Crippen molar-refractivity contribution in [3.05, 3.63) is 66.0 Å². The van der Waals surface area contributed by atoms with Crippen LogP contribution in [0.3, 0.4) is 0 Å². The largest absolute Gasteiger partial charge is 0.478 e. The molecule has 0 saturated heterocycles. The molecule has 0 radical (unpaired) electrons. The molecule has 5 heteroatoms. The molecule has 0 spiro atoms. The van der Waals surface area contributed by atoms with Gasteiger partial charge in [-0.2, -0.15) is 5.10 Å². The molecule has 0 aliphatic heterocycles. The molecule has 3 aromatic rings. The lowest BCUT2D eigenvalue weighted by molar-refractivity contribution is -0.132. The quantitative estimate of drug-likeness (QED) is 0.751. The molecule has 22 heavy (non-hydrogen) atoms. The highest BCUT2D eigenvalue weighted by Gasteiger charge is 2.08. The fourth-order valence-electron chi connectivity index (χ4n) is 2.18. The Morgan fingerprint density at radius 2 is 2.05 bits per heavy atom. The Bertz CT molecular complexity index is 851. The predicted octanol–water partition coefficient (Wildman–Crippen LogP) is 2.97. The van der Waals surface area contributed by atoms with Crippen molar-refractivity contribution < 1.29 is 9.90 Å². The van der Waals surface area contributed by atoms with Gasteiger partial charge in [0.1, 0.15) is 0 Å². The zero-order chi connectivity index (χ0) is 15.5. The third kappa shape index (κ3) is 2.74. The first-order chi connectivity index (χ1) is 10.6. The van der Waals surface area contributed by atoms with Gasteiger partial charge in [0.05, 0.1) is 11.9 Å². The van der Waals surface area contributed by atoms with Crippen molar-refractivity contribution in [3.8, 4) is 11.3 Å². The molecule has 110 valence electrons. The molecule has 0 aliphatic rings. The van der Waals surface area contributed by atoms with Gasteiger partial charge in [0.25, 0.3) is 0 Å². The van der Waals surface area contributed by atoms with Crippen LogP contribution in [0.5, 0.6) is 0 Å². The van der Waals surface area contributed by atoms with E-state index in [1.807, 2.05) is 42.6 Å². The number of hydrogen-bond donors (Lipinski definition) is 1. The second kappa shape index (κ2) is 5.81. The summed E-state index contributed by atoms with van der Waals surface area (Å²) in [5, 5.41) is 13.2. The molecular formula is C17H15N3O2. The van der Waals surface area contributed by atoms with Gasteiger partial charge in [-0.05, 0) is 19.4 Å². The van der Waals surface area contributed by atoms with Gasteiger partial charge in [-0.25, -0.2) is 14.3 Å². The highest BCUT2D eigenvalue weighted by molar-refractivity contribution is 5.85. The zero-order valence-corrected chi connectivity index (χ0v) is 12.1. The van der Waals surface area contributed by atoms with Crippen molar-refractivity contribution >= 4 is 11.6 Å². The highest BCUT2D eigenvalue weighted by atomic mass is 16.4. The Morgan fingerprint density at radius 1 is 1.27 bits per heavy atom. The van der Waals surface area contributed by atoms with Crippen LogP contribution in [0.4, 0.5) is 0 Å². The first-order valence-electron chi connectivity index (χ1n) is 6.94. The number of carboxylic acids is 1. The molecule has 0 saturated carbocycles. The molecule has 0 fully saturated rings. The number of fused-ring (bicyclic) bond motifs is 1. The molecule has 0 atom stereocenters. The van der Waals surface area contributed by atoms with Crippen molar-refractivity contribution in [3.63, 3.8) is 0 Å². The van der Waals surface area contributed by atoms with E-state index in [0.29, 0.717) is 12.0 Å². The number of allylic oxidation sites excluding steroid dienone is 1. The van der Waals surface area contributed by atoms with Gasteiger partial charge in [0.15, 0.2) is 5.65 Å². The second-order valence-electron chi connectivity index (χ2n) is 5.01. The number of nitrogens with zero attached hydrogens (tertiary/aromatic N) is 3. The van der Waals surface area contributed by atoms with Crippen molar-refractivity contribution in [1.29, 1.82) is 0 Å². The fraction of sp³-hybridized carbons (Fsp3) is 0.118. The Hall–Kier alpha value is -2.95. The lowest BCUT2D eigenvalue weighted by Crippen LogP contribution is -1.97. The predicted molar refractivity (Wildman–Crippen MR) is 83.5 cm³/mol. The van der Waals surface area contributed by atoms with Gasteiger partial charge in [0.2, 0.25) is 0 Å². The fourth-order valence-corrected chi connectivity index (χ4v) is 2.18. The van der Waals surface area contributed by atoms with Crippen LogP contribution in [0.15, 0.2) is 60.4 Å². The Kier molecular flexibility index (Phi) is 3.70. The van der Waals surface area contributed by atoms with Crippen LogP contribution in [-0.2, 0) is 11.2 Å². The van der Waals surface area contributed by atoms with E-state index >= 15 is 0 Å². The van der Waals surface area contributed by atoms with E-state index in [1.165, 1.54) is 0 Å². The van der Waals surface area contributed by atoms with Crippen molar-refractivity contribution in [1.82, 2.24) is 14.6 Å². The SMILES string of the molecule is C/C(=C\Cc1cnn2ccc(-c3ccccc3)nc12)C(=O)O. The summed E-state index contributed by atoms with van der Waals surface area (Å²) >= 11 is 0. The number of carboxylic acid groups (broad SMARTS) is 1. The van der Waals surface area contributed by atoms with Gasteiger partial charge in [-0.3, -0.25) is 0 Å². The van der Waals surface area contributed by atoms with Gasteiger partial charge >= 0.3 is 5.97 Å². The smallest absolute Gasteiger partial charge is 0.330 e. The number of aromatic nitrogens is 3. The molecule has 5 nitrogen and oxygen atoms in total. The minimum atomic E-state index is -0.908. The molecule has 0 amide bonds. The summed E-state index contributed by atoms with van der Waals surface area (Å²) < 4.78 is 1.70. The first-order valence-corrected chi connectivity index (χ1v) is 6.94. The molecule has 0 unspecified atom stereocenters. The standard InChI is InChI=1S/C17H15N3O2/c1-12(17(21)22)7-8-14-11-18-20-10-9-15(19-16(14)20)13-5-3-2-4-6-13/h2-7,9-11H,8H2,1H3,(H,21,22)/b12-7+. The average molecular weight is 293 g/mol. The van der Waals surface area contributed by atoms with Crippen molar-refractivity contribution in [2.75, 3.05) is 0 Å². The molecule has 3 rings (SSSR count). The molecule has 2 aromatic heterocycles. The van der Waals surface area contributed by atoms with Crippen LogP contribution in [0.2, 0.25) is 0 Å². The van der Waals surface area contributed by atoms with Gasteiger partial charge in [-0.15, -0.1) is 0 Å². The van der Waals surface area contributed by atoms with E-state index in [-0.39, 0.29) is 0 Å². The maximum absolute atomic E-state index is 10.9. The monoisotopic (exact) mass is 293 g/mol. The van der Waals surface area contributed by atoms with Crippen LogP contribution < -0.4 is 0 Å². The summed E-state index contributed by atoms with van der Waals surface area (Å²) in [6.45, 7) is 1.58. The van der Waals surface area contributed by atoms with E-state index in [1.54, 1.807) is 23.7 Å². The number of carbonyl (C=O) groups is 1. The van der Waals surface area contributed by atoms with Crippen LogP contribution in [0.1, 0.15) is 12.5 Å². The molecule has 1 aromatic carbocycles. The lowest BCUT2D eigenvalue weighted by atomic mass is 10.1. The average Bonchev–Trinajstić information content (AvgIpc) is 2.95. The summed E-state index contributed by atoms with van der Waals surface area (Å²) in [7, 11) is 0. The third-order valence-corrected chi connectivity index (χ3v) is 3.48. The summed E-state index contributed by atoms with van der Waals surface area (Å²) in [6.07, 6.45) is 5.76. The molecule has 0 aliphatic carbocycles. The van der Waals surface area contributed by atoms with Gasteiger partial charge in [-0.1, -0.05) is 36.4 Å². The number of hydrogen-bond acceptors (Lipinski definition) is 3. The maximum Gasteiger partial charge on any atom is 0.330 e. The molecule has 2 heterocycles. The molecule has 1 N–H and O–H groups in total. The highest BCUT2D eigenvalue weighted by Crippen LogP contribution is 2.19. The summed E-state index contributed by atoms with van der Waals surface area (Å²) in [5.74, 6) is -0.908. The van der Waals surface area contributed by atoms with Gasteiger partial charge in [0, 0.05) is 22.9 Å². The molecule has 0 bridgehead atoms. The van der Waals surface area contributed by atoms with Crippen molar-refractivity contribution in [2.45, 2.75) is 13.3 Å². The maximum atomic E-state index is 10.9. The zero-order valence-electron chi connectivity index (χ0n) is 12.1. The number of aliphatic carboxylic acids is 1. The topological polar surface area (TPSA) is 67.5 Å². The van der Waals surface area contributed by atoms with Gasteiger partial charge < -0.3 is 5.11 Å². The number of rotatable bonds is 4. The Balaban J connectivity index is 1.99. The van der Waals surface area contributed by atoms with E-state index in [2.05, 4.69) is 10.1 Å². The first kappa shape index (κ1) is 14.0. The van der Waals surface area contributed by atoms with E-state index in [0.717, 1.165) is 22.5 Å². The number of benzene rings is 1. The van der Waals surface area contributed by atoms with Crippen molar-refractivity contribution in [2.24, 2.45) is 0 Å². The van der Waals surface area contributed by atoms with Crippen LogP contribution in [0, 0.1) is 0 Å². The third-order valence-electron chi connectivity index (χ3n) is 3.48. The Labute approximate surface area is 127 Å². The molecular weight excluding hydrogens is 278 g/mol. The summed E-state index contributed by atoms with van der Waals surface area (Å²) in [4.78, 5) is 15.5. The minimum absolute atomic E-state index is 0.318. The van der Waals surface area contributed by atoms with E-state index < -0.39 is 5.97 Å². The van der Waals surface area contributed by atoms with Crippen LogP contribution >= 0.6 is 0 Å². The minimum Gasteiger partial charge on any atom is -0.478 e. The Morgan fingerprint density at radius 3 is 2.77 bits per heavy atom. The summed E-state index contributed by atoms with van der Waals surface area (Å²) in [6, 6.07) is 11.8.